The van der Waals surface area contributed by atoms with E-state index in [0.717, 1.165) is 11.3 Å². The molecule has 2 N–H and O–H groups in total. The number of hydrogen-bond donors (Lipinski definition) is 2. The maximum Gasteiger partial charge on any atom is 0.309 e. The Balaban J connectivity index is 2.17. The SMILES string of the molecule is Cc1c(CC(=O)O)nnn1Cc1ccc(O)cc1. The van der Waals surface area contributed by atoms with Crippen molar-refractivity contribution in [2.24, 2.45) is 0 Å². The second-order valence-electron chi connectivity index (χ2n) is 4.02. The number of benzene rings is 1. The molecular weight excluding hydrogens is 234 g/mol. The molecule has 0 spiro atoms. The van der Waals surface area contributed by atoms with Crippen molar-refractivity contribution in [3.05, 3.63) is 41.2 Å². The van der Waals surface area contributed by atoms with Crippen LogP contribution in [-0.2, 0) is 17.8 Å². The average Bonchev–Trinajstić information content (AvgIpc) is 2.64. The van der Waals surface area contributed by atoms with Crippen LogP contribution in [0.3, 0.4) is 0 Å². The van der Waals surface area contributed by atoms with Crippen molar-refractivity contribution in [2.75, 3.05) is 0 Å². The van der Waals surface area contributed by atoms with Crippen LogP contribution in [0.1, 0.15) is 17.0 Å². The molecule has 94 valence electrons. The molecule has 0 atom stereocenters. The number of hydrogen-bond acceptors (Lipinski definition) is 4. The third-order valence-corrected chi connectivity index (χ3v) is 2.67. The Morgan fingerprint density at radius 3 is 2.61 bits per heavy atom. The second kappa shape index (κ2) is 4.87. The fourth-order valence-corrected chi connectivity index (χ4v) is 1.63. The van der Waals surface area contributed by atoms with E-state index in [-0.39, 0.29) is 12.2 Å². The highest BCUT2D eigenvalue weighted by Crippen LogP contribution is 2.12. The van der Waals surface area contributed by atoms with Crippen LogP contribution in [0.15, 0.2) is 24.3 Å². The zero-order chi connectivity index (χ0) is 13.1. The van der Waals surface area contributed by atoms with Crippen LogP contribution in [0.2, 0.25) is 0 Å². The third kappa shape index (κ3) is 2.65. The van der Waals surface area contributed by atoms with Crippen LogP contribution in [0.4, 0.5) is 0 Å². The number of nitrogens with zero attached hydrogens (tertiary/aromatic N) is 3. The lowest BCUT2D eigenvalue weighted by Gasteiger charge is -2.04. The first-order valence-corrected chi connectivity index (χ1v) is 5.45. The molecule has 1 aromatic carbocycles. The molecule has 0 saturated heterocycles. The van der Waals surface area contributed by atoms with Gasteiger partial charge in [0, 0.05) is 0 Å². The number of carbonyl (C=O) groups is 1. The van der Waals surface area contributed by atoms with Crippen molar-refractivity contribution >= 4 is 5.97 Å². The summed E-state index contributed by atoms with van der Waals surface area (Å²) in [4.78, 5) is 10.6. The molecule has 1 aromatic heterocycles. The lowest BCUT2D eigenvalue weighted by Crippen LogP contribution is -2.06. The van der Waals surface area contributed by atoms with Gasteiger partial charge in [0.25, 0.3) is 0 Å². The fraction of sp³-hybridized carbons (Fsp3) is 0.250. The summed E-state index contributed by atoms with van der Waals surface area (Å²) in [6.45, 7) is 2.29. The Morgan fingerprint density at radius 1 is 1.33 bits per heavy atom. The van der Waals surface area contributed by atoms with E-state index in [2.05, 4.69) is 10.3 Å². The molecule has 1 heterocycles. The van der Waals surface area contributed by atoms with E-state index in [0.29, 0.717) is 12.2 Å². The van der Waals surface area contributed by atoms with Crippen molar-refractivity contribution in [3.8, 4) is 5.75 Å². The van der Waals surface area contributed by atoms with Crippen molar-refractivity contribution in [1.29, 1.82) is 0 Å². The molecule has 0 unspecified atom stereocenters. The van der Waals surface area contributed by atoms with Crippen molar-refractivity contribution in [3.63, 3.8) is 0 Å². The minimum atomic E-state index is -0.921. The van der Waals surface area contributed by atoms with Crippen LogP contribution in [0, 0.1) is 6.92 Å². The van der Waals surface area contributed by atoms with Gasteiger partial charge in [-0.1, -0.05) is 17.3 Å². The number of rotatable bonds is 4. The molecule has 6 nitrogen and oxygen atoms in total. The molecule has 0 saturated carbocycles. The van der Waals surface area contributed by atoms with Gasteiger partial charge in [-0.05, 0) is 24.6 Å². The molecule has 0 fully saturated rings. The summed E-state index contributed by atoms with van der Waals surface area (Å²) < 4.78 is 1.64. The van der Waals surface area contributed by atoms with Gasteiger partial charge < -0.3 is 10.2 Å². The van der Waals surface area contributed by atoms with Gasteiger partial charge in [-0.2, -0.15) is 0 Å². The predicted octanol–water partition coefficient (Wildman–Crippen LogP) is 0.968. The first-order valence-electron chi connectivity index (χ1n) is 5.45. The first-order chi connectivity index (χ1) is 8.56. The van der Waals surface area contributed by atoms with E-state index in [4.69, 9.17) is 5.11 Å². The van der Waals surface area contributed by atoms with Gasteiger partial charge in [0.1, 0.15) is 5.75 Å². The Labute approximate surface area is 103 Å². The van der Waals surface area contributed by atoms with E-state index in [1.165, 1.54) is 0 Å². The largest absolute Gasteiger partial charge is 0.508 e. The number of phenols is 1. The molecule has 0 amide bonds. The second-order valence-corrected chi connectivity index (χ2v) is 4.02. The smallest absolute Gasteiger partial charge is 0.309 e. The zero-order valence-electron chi connectivity index (χ0n) is 9.87. The van der Waals surface area contributed by atoms with Crippen LogP contribution >= 0.6 is 0 Å². The molecule has 0 aliphatic carbocycles. The van der Waals surface area contributed by atoms with Crippen molar-refractivity contribution in [1.82, 2.24) is 15.0 Å². The third-order valence-electron chi connectivity index (χ3n) is 2.67. The highest BCUT2D eigenvalue weighted by molar-refractivity contribution is 5.69. The van der Waals surface area contributed by atoms with Gasteiger partial charge in [0.2, 0.25) is 0 Å². The summed E-state index contributed by atoms with van der Waals surface area (Å²) in [7, 11) is 0. The number of aromatic nitrogens is 3. The molecule has 0 aliphatic heterocycles. The van der Waals surface area contributed by atoms with Gasteiger partial charge in [-0.15, -0.1) is 5.10 Å². The Hall–Kier alpha value is -2.37. The van der Waals surface area contributed by atoms with Crippen molar-refractivity contribution in [2.45, 2.75) is 19.9 Å². The standard InChI is InChI=1S/C12H13N3O3/c1-8-11(6-12(17)18)13-14-15(8)7-9-2-4-10(16)5-3-9/h2-5,16H,6-7H2,1H3,(H,17,18). The highest BCUT2D eigenvalue weighted by atomic mass is 16.4. The number of aliphatic carboxylic acids is 1. The van der Waals surface area contributed by atoms with Crippen molar-refractivity contribution < 1.29 is 15.0 Å². The highest BCUT2D eigenvalue weighted by Gasteiger charge is 2.11. The summed E-state index contributed by atoms with van der Waals surface area (Å²) in [5.74, 6) is -0.713. The Bertz CT molecular complexity index is 560. The number of phenolic OH excluding ortho intramolecular Hbond substituents is 1. The van der Waals surface area contributed by atoms with Gasteiger partial charge in [0.05, 0.1) is 24.4 Å². The monoisotopic (exact) mass is 247 g/mol. The molecule has 0 bridgehead atoms. The van der Waals surface area contributed by atoms with Gasteiger partial charge in [-0.3, -0.25) is 4.79 Å². The topological polar surface area (TPSA) is 88.2 Å². The van der Waals surface area contributed by atoms with E-state index in [1.807, 2.05) is 0 Å². The molecule has 0 radical (unpaired) electrons. The molecule has 2 aromatic rings. The van der Waals surface area contributed by atoms with E-state index >= 15 is 0 Å². The number of aromatic hydroxyl groups is 1. The average molecular weight is 247 g/mol. The molecule has 0 aliphatic rings. The van der Waals surface area contributed by atoms with E-state index in [1.54, 1.807) is 35.9 Å². The predicted molar refractivity (Wildman–Crippen MR) is 63.3 cm³/mol. The summed E-state index contributed by atoms with van der Waals surface area (Å²) in [5, 5.41) is 25.7. The molecule has 2 rings (SSSR count). The Morgan fingerprint density at radius 2 is 2.00 bits per heavy atom. The maximum absolute atomic E-state index is 10.6. The lowest BCUT2D eigenvalue weighted by molar-refractivity contribution is -0.136. The number of carboxylic acids is 1. The van der Waals surface area contributed by atoms with E-state index in [9.17, 15) is 9.90 Å². The minimum Gasteiger partial charge on any atom is -0.508 e. The fourth-order valence-electron chi connectivity index (χ4n) is 1.63. The van der Waals surface area contributed by atoms with Crippen LogP contribution < -0.4 is 0 Å². The summed E-state index contributed by atoms with van der Waals surface area (Å²) in [5.41, 5.74) is 2.18. The summed E-state index contributed by atoms with van der Waals surface area (Å²) in [6.07, 6.45) is -0.124. The zero-order valence-corrected chi connectivity index (χ0v) is 9.87. The van der Waals surface area contributed by atoms with Crippen LogP contribution in [0.5, 0.6) is 5.75 Å². The summed E-state index contributed by atoms with van der Waals surface area (Å²) in [6, 6.07) is 6.76. The molecule has 6 heteroatoms. The van der Waals surface area contributed by atoms with Crippen LogP contribution in [-0.4, -0.2) is 31.2 Å². The maximum atomic E-state index is 10.6. The Kier molecular flexibility index (Phi) is 3.27. The lowest BCUT2D eigenvalue weighted by atomic mass is 10.2. The first kappa shape index (κ1) is 12.1. The van der Waals surface area contributed by atoms with Gasteiger partial charge in [0.15, 0.2) is 0 Å². The summed E-state index contributed by atoms with van der Waals surface area (Å²) >= 11 is 0. The van der Waals surface area contributed by atoms with Gasteiger partial charge >= 0.3 is 5.97 Å². The molecule has 18 heavy (non-hydrogen) atoms. The quantitative estimate of drug-likeness (QED) is 0.840. The minimum absolute atomic E-state index is 0.124. The van der Waals surface area contributed by atoms with E-state index < -0.39 is 5.97 Å². The van der Waals surface area contributed by atoms with Crippen LogP contribution in [0.25, 0.3) is 0 Å². The van der Waals surface area contributed by atoms with Gasteiger partial charge in [-0.25, -0.2) is 4.68 Å². The number of carboxylic acid groups (broad SMARTS) is 1. The normalized spacial score (nSPS) is 10.5. The molecular formula is C12H13N3O3.